The summed E-state index contributed by atoms with van der Waals surface area (Å²) >= 11 is 12.3. The fourth-order valence-electron chi connectivity index (χ4n) is 5.45. The van der Waals surface area contributed by atoms with E-state index in [0.717, 1.165) is 6.07 Å². The van der Waals surface area contributed by atoms with Gasteiger partial charge in [0.2, 0.25) is 11.8 Å². The van der Waals surface area contributed by atoms with Gasteiger partial charge in [0.15, 0.2) is 5.75 Å². The van der Waals surface area contributed by atoms with Gasteiger partial charge in [0, 0.05) is 32.0 Å². The summed E-state index contributed by atoms with van der Waals surface area (Å²) in [6.45, 7) is 0.0851. The van der Waals surface area contributed by atoms with Crippen LogP contribution in [0.1, 0.15) is 17.8 Å². The van der Waals surface area contributed by atoms with E-state index >= 15 is 0 Å². The number of aromatic nitrogens is 2. The number of ether oxygens (including phenoxy) is 3. The van der Waals surface area contributed by atoms with E-state index in [4.69, 9.17) is 42.4 Å². The molecule has 0 aliphatic rings. The molecular formula is C36H33Cl2N5O8. The zero-order valence-electron chi connectivity index (χ0n) is 27.9. The summed E-state index contributed by atoms with van der Waals surface area (Å²) in [7, 11) is 4.14. The van der Waals surface area contributed by atoms with Crippen LogP contribution in [0.2, 0.25) is 10.0 Å². The number of para-hydroxylation sites is 1. The van der Waals surface area contributed by atoms with Crippen LogP contribution in [0.15, 0.2) is 83.7 Å². The lowest BCUT2D eigenvalue weighted by Gasteiger charge is -2.24. The van der Waals surface area contributed by atoms with Crippen molar-refractivity contribution in [1.82, 2.24) is 14.5 Å². The number of nitro benzene ring substituents is 1. The van der Waals surface area contributed by atoms with Crippen molar-refractivity contribution >= 4 is 57.3 Å². The number of anilines is 1. The van der Waals surface area contributed by atoms with E-state index in [9.17, 15) is 24.5 Å². The van der Waals surface area contributed by atoms with Crippen molar-refractivity contribution in [3.63, 3.8) is 0 Å². The quantitative estimate of drug-likeness (QED) is 0.103. The van der Waals surface area contributed by atoms with Crippen molar-refractivity contribution in [3.8, 4) is 22.9 Å². The van der Waals surface area contributed by atoms with Gasteiger partial charge in [-0.1, -0.05) is 41.4 Å². The average molecular weight is 735 g/mol. The summed E-state index contributed by atoms with van der Waals surface area (Å²) in [5, 5.41) is 15.2. The van der Waals surface area contributed by atoms with Crippen LogP contribution in [0.3, 0.4) is 0 Å². The number of benzene rings is 4. The molecule has 15 heteroatoms. The van der Waals surface area contributed by atoms with Gasteiger partial charge in [-0.15, -0.1) is 0 Å². The fourth-order valence-corrected chi connectivity index (χ4v) is 5.77. The van der Waals surface area contributed by atoms with E-state index in [0.29, 0.717) is 43.8 Å². The summed E-state index contributed by atoms with van der Waals surface area (Å²) in [6.07, 6.45) is -0.0253. The Labute approximate surface area is 302 Å². The van der Waals surface area contributed by atoms with E-state index in [-0.39, 0.29) is 66.7 Å². The molecule has 51 heavy (non-hydrogen) atoms. The number of amides is 2. The van der Waals surface area contributed by atoms with E-state index in [1.54, 1.807) is 73.8 Å². The van der Waals surface area contributed by atoms with Crippen molar-refractivity contribution < 1.29 is 28.7 Å². The van der Waals surface area contributed by atoms with Gasteiger partial charge >= 0.3 is 5.69 Å². The summed E-state index contributed by atoms with van der Waals surface area (Å²) in [5.74, 6) is 0.209. The summed E-state index contributed by atoms with van der Waals surface area (Å²) in [4.78, 5) is 58.0. The van der Waals surface area contributed by atoms with Gasteiger partial charge in [-0.3, -0.25) is 29.1 Å². The molecule has 0 fully saturated rings. The predicted molar refractivity (Wildman–Crippen MR) is 194 cm³/mol. The third kappa shape index (κ3) is 8.56. The highest BCUT2D eigenvalue weighted by molar-refractivity contribution is 6.42. The third-order valence-electron chi connectivity index (χ3n) is 8.05. The molecule has 264 valence electrons. The van der Waals surface area contributed by atoms with E-state index < -0.39 is 10.8 Å². The minimum Gasteiger partial charge on any atom is -0.497 e. The van der Waals surface area contributed by atoms with Gasteiger partial charge in [-0.05, 0) is 54.1 Å². The Morgan fingerprint density at radius 1 is 0.902 bits per heavy atom. The Morgan fingerprint density at radius 2 is 1.63 bits per heavy atom. The van der Waals surface area contributed by atoms with Crippen molar-refractivity contribution in [2.45, 2.75) is 19.3 Å². The van der Waals surface area contributed by atoms with Gasteiger partial charge in [-0.2, -0.15) is 0 Å². The number of halogens is 2. The Kier molecular flexibility index (Phi) is 11.7. The van der Waals surface area contributed by atoms with Gasteiger partial charge in [-0.25, -0.2) is 4.98 Å². The molecule has 2 amide bonds. The Morgan fingerprint density at radius 3 is 2.29 bits per heavy atom. The Hall–Kier alpha value is -5.66. The molecule has 0 bridgehead atoms. The third-order valence-corrected chi connectivity index (χ3v) is 8.79. The standard InChI is InChI=1S/C36H33Cl2N5O8/c1-49-24-11-9-23(10-12-24)42-33(39-28-7-5-4-6-25(28)36(42)46)14-16-41(35(45)19-22-8-13-26(37)27(38)18-22)17-15-34(44)40-29-20-32(51-3)30(43(47)48)21-31(29)50-2/h4-13,18,20-21H,14-17,19H2,1-3H3,(H,40,44). The van der Waals surface area contributed by atoms with E-state index in [1.165, 1.54) is 29.8 Å². The molecule has 4 aromatic carbocycles. The number of rotatable bonds is 14. The van der Waals surface area contributed by atoms with Crippen molar-refractivity contribution in [1.29, 1.82) is 0 Å². The van der Waals surface area contributed by atoms with Gasteiger partial charge in [0.05, 0.1) is 71.1 Å². The first-order chi connectivity index (χ1) is 24.5. The maximum absolute atomic E-state index is 13.8. The molecule has 0 saturated heterocycles. The zero-order valence-corrected chi connectivity index (χ0v) is 29.4. The van der Waals surface area contributed by atoms with Crippen LogP contribution in [0.25, 0.3) is 16.6 Å². The number of carbonyl (C=O) groups is 2. The number of hydrogen-bond acceptors (Lipinski definition) is 9. The molecule has 0 spiro atoms. The van der Waals surface area contributed by atoms with Gasteiger partial charge < -0.3 is 24.4 Å². The Bertz CT molecular complexity index is 2160. The first-order valence-corrected chi connectivity index (χ1v) is 16.4. The molecule has 5 aromatic rings. The molecule has 5 rings (SSSR count). The van der Waals surface area contributed by atoms with Gasteiger partial charge in [0.25, 0.3) is 5.56 Å². The molecule has 0 saturated carbocycles. The second-order valence-corrected chi connectivity index (χ2v) is 12.0. The number of nitro groups is 1. The van der Waals surface area contributed by atoms with Gasteiger partial charge in [0.1, 0.15) is 17.3 Å². The van der Waals surface area contributed by atoms with Crippen LogP contribution in [-0.2, 0) is 22.4 Å². The smallest absolute Gasteiger partial charge is 0.314 e. The SMILES string of the molecule is COc1ccc(-n2c(CCN(CCC(=O)Nc3cc(OC)c([N+](=O)[O-])cc3OC)C(=O)Cc3ccc(Cl)c(Cl)c3)nc3ccccc3c2=O)cc1. The van der Waals surface area contributed by atoms with Crippen molar-refractivity contribution in [2.24, 2.45) is 0 Å². The molecule has 1 heterocycles. The van der Waals surface area contributed by atoms with Crippen LogP contribution >= 0.6 is 23.2 Å². The summed E-state index contributed by atoms with van der Waals surface area (Å²) < 4.78 is 17.2. The summed E-state index contributed by atoms with van der Waals surface area (Å²) in [6, 6.07) is 21.3. The largest absolute Gasteiger partial charge is 0.497 e. The number of nitrogens with one attached hydrogen (secondary N) is 1. The summed E-state index contributed by atoms with van der Waals surface area (Å²) in [5.41, 5.74) is 1.23. The highest BCUT2D eigenvalue weighted by atomic mass is 35.5. The van der Waals surface area contributed by atoms with Crippen LogP contribution < -0.4 is 25.1 Å². The zero-order chi connectivity index (χ0) is 36.7. The monoisotopic (exact) mass is 733 g/mol. The second kappa shape index (κ2) is 16.4. The minimum atomic E-state index is -0.622. The second-order valence-electron chi connectivity index (χ2n) is 11.2. The van der Waals surface area contributed by atoms with E-state index in [1.807, 2.05) is 0 Å². The molecule has 13 nitrogen and oxygen atoms in total. The fraction of sp³-hybridized carbons (Fsp3) is 0.222. The lowest BCUT2D eigenvalue weighted by atomic mass is 10.1. The molecule has 0 radical (unpaired) electrons. The van der Waals surface area contributed by atoms with E-state index in [2.05, 4.69) is 5.32 Å². The lowest BCUT2D eigenvalue weighted by Crippen LogP contribution is -2.37. The van der Waals surface area contributed by atoms with Crippen molar-refractivity contribution in [3.05, 3.63) is 121 Å². The normalized spacial score (nSPS) is 10.8. The number of fused-ring (bicyclic) bond motifs is 1. The minimum absolute atomic E-state index is 0.0151. The molecule has 0 aliphatic carbocycles. The number of nitrogens with zero attached hydrogens (tertiary/aromatic N) is 4. The maximum atomic E-state index is 13.8. The molecule has 0 aliphatic heterocycles. The molecule has 0 unspecified atom stereocenters. The van der Waals surface area contributed by atoms with Crippen LogP contribution in [0.5, 0.6) is 17.2 Å². The predicted octanol–water partition coefficient (Wildman–Crippen LogP) is 6.27. The lowest BCUT2D eigenvalue weighted by molar-refractivity contribution is -0.385. The number of carbonyl (C=O) groups excluding carboxylic acids is 2. The molecule has 1 aromatic heterocycles. The maximum Gasteiger partial charge on any atom is 0.314 e. The highest BCUT2D eigenvalue weighted by Crippen LogP contribution is 2.37. The average Bonchev–Trinajstić information content (AvgIpc) is 3.13. The number of methoxy groups -OCH3 is 3. The first-order valence-electron chi connectivity index (χ1n) is 15.6. The van der Waals surface area contributed by atoms with Crippen LogP contribution in [0.4, 0.5) is 11.4 Å². The highest BCUT2D eigenvalue weighted by Gasteiger charge is 2.23. The van der Waals surface area contributed by atoms with Crippen molar-refractivity contribution in [2.75, 3.05) is 39.7 Å². The topological polar surface area (TPSA) is 155 Å². The molecule has 0 atom stereocenters. The molecular weight excluding hydrogens is 701 g/mol. The molecule has 1 N–H and O–H groups in total. The Balaban J connectivity index is 1.43. The van der Waals surface area contributed by atoms with Crippen LogP contribution in [-0.4, -0.2) is 65.6 Å². The first kappa shape index (κ1) is 36.6. The number of hydrogen-bond donors (Lipinski definition) is 1. The van der Waals surface area contributed by atoms with Crippen LogP contribution in [0, 0.1) is 10.1 Å².